The zero-order valence-corrected chi connectivity index (χ0v) is 14.2. The second-order valence-corrected chi connectivity index (χ2v) is 6.39. The van der Waals surface area contributed by atoms with Crippen LogP contribution in [-0.2, 0) is 0 Å². The van der Waals surface area contributed by atoms with Crippen molar-refractivity contribution >= 4 is 16.6 Å². The molecule has 0 spiro atoms. The lowest BCUT2D eigenvalue weighted by molar-refractivity contribution is 0.483. The molecule has 3 aromatic rings. The van der Waals surface area contributed by atoms with Gasteiger partial charge in [0.1, 0.15) is 11.5 Å². The number of pyridine rings is 1. The molecule has 4 rings (SSSR count). The standard InChI is InChI=1S/C21H19N3O/c1-15-12-21(24-10-2-3-11-24)19-9-8-18(13-20(19)23-15)25-17-6-4-16(14-22)5-7-17/h4-9,12-13H,2-3,10-11H2,1H3. The lowest BCUT2D eigenvalue weighted by Gasteiger charge is -2.20. The van der Waals surface area contributed by atoms with Gasteiger partial charge in [-0.05, 0) is 62.2 Å². The molecule has 1 aromatic heterocycles. The number of rotatable bonds is 3. The molecule has 25 heavy (non-hydrogen) atoms. The minimum absolute atomic E-state index is 0.624. The van der Waals surface area contributed by atoms with E-state index in [9.17, 15) is 0 Å². The van der Waals surface area contributed by atoms with Crippen molar-refractivity contribution in [3.8, 4) is 17.6 Å². The Hall–Kier alpha value is -3.06. The molecule has 1 fully saturated rings. The first-order valence-electron chi connectivity index (χ1n) is 8.57. The van der Waals surface area contributed by atoms with E-state index < -0.39 is 0 Å². The second-order valence-electron chi connectivity index (χ2n) is 6.39. The zero-order chi connectivity index (χ0) is 17.2. The molecule has 2 aromatic carbocycles. The highest BCUT2D eigenvalue weighted by Crippen LogP contribution is 2.32. The van der Waals surface area contributed by atoms with Crippen LogP contribution in [0.25, 0.3) is 10.9 Å². The monoisotopic (exact) mass is 329 g/mol. The Morgan fingerprint density at radius 2 is 1.72 bits per heavy atom. The maximum Gasteiger partial charge on any atom is 0.129 e. The van der Waals surface area contributed by atoms with E-state index in [1.54, 1.807) is 12.1 Å². The number of hydrogen-bond acceptors (Lipinski definition) is 4. The highest BCUT2D eigenvalue weighted by atomic mass is 16.5. The summed E-state index contributed by atoms with van der Waals surface area (Å²) in [6.07, 6.45) is 2.51. The van der Waals surface area contributed by atoms with E-state index in [1.807, 2.05) is 31.2 Å². The molecule has 0 aliphatic carbocycles. The van der Waals surface area contributed by atoms with Crippen LogP contribution in [-0.4, -0.2) is 18.1 Å². The Bertz CT molecular complexity index is 951. The smallest absolute Gasteiger partial charge is 0.129 e. The maximum absolute atomic E-state index is 8.88. The first-order chi connectivity index (χ1) is 12.2. The van der Waals surface area contributed by atoms with Crippen molar-refractivity contribution in [2.24, 2.45) is 0 Å². The van der Waals surface area contributed by atoms with Crippen molar-refractivity contribution in [1.29, 1.82) is 5.26 Å². The third-order valence-corrected chi connectivity index (χ3v) is 4.55. The SMILES string of the molecule is Cc1cc(N2CCCC2)c2ccc(Oc3ccc(C#N)cc3)cc2n1. The van der Waals surface area contributed by atoms with Crippen LogP contribution in [0.1, 0.15) is 24.1 Å². The number of anilines is 1. The third kappa shape index (κ3) is 3.14. The van der Waals surface area contributed by atoms with Crippen molar-refractivity contribution < 1.29 is 4.74 Å². The molecule has 0 bridgehead atoms. The van der Waals surface area contributed by atoms with Crippen molar-refractivity contribution in [2.75, 3.05) is 18.0 Å². The fourth-order valence-electron chi connectivity index (χ4n) is 3.34. The fourth-order valence-corrected chi connectivity index (χ4v) is 3.34. The van der Waals surface area contributed by atoms with Gasteiger partial charge < -0.3 is 9.64 Å². The molecule has 124 valence electrons. The summed E-state index contributed by atoms with van der Waals surface area (Å²) < 4.78 is 5.93. The molecule has 2 heterocycles. The number of benzene rings is 2. The molecule has 1 aliphatic heterocycles. The number of aromatic nitrogens is 1. The molecule has 4 heteroatoms. The number of fused-ring (bicyclic) bond motifs is 1. The van der Waals surface area contributed by atoms with Gasteiger partial charge in [0, 0.05) is 35.9 Å². The molecule has 0 amide bonds. The van der Waals surface area contributed by atoms with Crippen molar-refractivity contribution in [1.82, 2.24) is 4.98 Å². The van der Waals surface area contributed by atoms with E-state index in [0.717, 1.165) is 30.0 Å². The van der Waals surface area contributed by atoms with E-state index in [4.69, 9.17) is 10.00 Å². The van der Waals surface area contributed by atoms with E-state index in [0.29, 0.717) is 11.3 Å². The van der Waals surface area contributed by atoms with Gasteiger partial charge in [0.2, 0.25) is 0 Å². The zero-order valence-electron chi connectivity index (χ0n) is 14.2. The van der Waals surface area contributed by atoms with Crippen LogP contribution in [0, 0.1) is 18.3 Å². The normalized spacial score (nSPS) is 13.8. The summed E-state index contributed by atoms with van der Waals surface area (Å²) in [5.74, 6) is 1.47. The molecular formula is C21H19N3O. The van der Waals surface area contributed by atoms with Crippen LogP contribution >= 0.6 is 0 Å². The van der Waals surface area contributed by atoms with E-state index in [1.165, 1.54) is 23.9 Å². The molecule has 0 N–H and O–H groups in total. The Labute approximate surface area is 147 Å². The fraction of sp³-hybridized carbons (Fsp3) is 0.238. The molecule has 0 unspecified atom stereocenters. The summed E-state index contributed by atoms with van der Waals surface area (Å²) in [5, 5.41) is 10.0. The number of nitrogens with zero attached hydrogens (tertiary/aromatic N) is 3. The van der Waals surface area contributed by atoms with Crippen LogP contribution in [0.3, 0.4) is 0 Å². The summed E-state index contributed by atoms with van der Waals surface area (Å²) in [6.45, 7) is 4.26. The van der Waals surface area contributed by atoms with Crippen LogP contribution in [0.5, 0.6) is 11.5 Å². The topological polar surface area (TPSA) is 49.1 Å². The lowest BCUT2D eigenvalue weighted by Crippen LogP contribution is -2.18. The Morgan fingerprint density at radius 3 is 2.44 bits per heavy atom. The van der Waals surface area contributed by atoms with E-state index in [-0.39, 0.29) is 0 Å². The average Bonchev–Trinajstić information content (AvgIpc) is 3.16. The average molecular weight is 329 g/mol. The highest BCUT2D eigenvalue weighted by molar-refractivity contribution is 5.93. The number of aryl methyl sites for hydroxylation is 1. The van der Waals surface area contributed by atoms with Gasteiger partial charge in [-0.3, -0.25) is 4.98 Å². The maximum atomic E-state index is 8.88. The van der Waals surface area contributed by atoms with E-state index in [2.05, 4.69) is 28.1 Å². The van der Waals surface area contributed by atoms with Gasteiger partial charge in [0.25, 0.3) is 0 Å². The van der Waals surface area contributed by atoms with Gasteiger partial charge in [-0.25, -0.2) is 0 Å². The van der Waals surface area contributed by atoms with Crippen LogP contribution in [0.15, 0.2) is 48.5 Å². The van der Waals surface area contributed by atoms with Crippen molar-refractivity contribution in [3.05, 3.63) is 59.8 Å². The quantitative estimate of drug-likeness (QED) is 0.692. The Balaban J connectivity index is 1.68. The Kier molecular flexibility index (Phi) is 3.99. The van der Waals surface area contributed by atoms with Gasteiger partial charge in [0.15, 0.2) is 0 Å². The van der Waals surface area contributed by atoms with Gasteiger partial charge >= 0.3 is 0 Å². The molecule has 0 radical (unpaired) electrons. The first kappa shape index (κ1) is 15.5. The second kappa shape index (κ2) is 6.45. The van der Waals surface area contributed by atoms with Crippen LogP contribution in [0.2, 0.25) is 0 Å². The number of nitriles is 1. The molecule has 4 nitrogen and oxygen atoms in total. The van der Waals surface area contributed by atoms with Gasteiger partial charge in [0.05, 0.1) is 17.1 Å². The first-order valence-corrected chi connectivity index (χ1v) is 8.57. The van der Waals surface area contributed by atoms with Crippen LogP contribution < -0.4 is 9.64 Å². The Morgan fingerprint density at radius 1 is 1.00 bits per heavy atom. The number of ether oxygens (including phenoxy) is 1. The predicted octanol–water partition coefficient (Wildman–Crippen LogP) is 4.81. The van der Waals surface area contributed by atoms with Crippen LogP contribution in [0.4, 0.5) is 5.69 Å². The minimum Gasteiger partial charge on any atom is -0.457 e. The van der Waals surface area contributed by atoms with Gasteiger partial charge in [-0.2, -0.15) is 5.26 Å². The van der Waals surface area contributed by atoms with Gasteiger partial charge in [-0.1, -0.05) is 0 Å². The van der Waals surface area contributed by atoms with Gasteiger partial charge in [-0.15, -0.1) is 0 Å². The summed E-state index contributed by atoms with van der Waals surface area (Å²) in [7, 11) is 0. The predicted molar refractivity (Wildman–Crippen MR) is 99.2 cm³/mol. The molecule has 1 aliphatic rings. The largest absolute Gasteiger partial charge is 0.457 e. The molecule has 0 atom stereocenters. The molecule has 0 saturated carbocycles. The third-order valence-electron chi connectivity index (χ3n) is 4.55. The molecule has 1 saturated heterocycles. The summed E-state index contributed by atoms with van der Waals surface area (Å²) in [4.78, 5) is 7.13. The van der Waals surface area contributed by atoms with Crippen molar-refractivity contribution in [3.63, 3.8) is 0 Å². The summed E-state index contributed by atoms with van der Waals surface area (Å²) in [5.41, 5.74) is 3.86. The highest BCUT2D eigenvalue weighted by Gasteiger charge is 2.16. The van der Waals surface area contributed by atoms with E-state index >= 15 is 0 Å². The summed E-state index contributed by atoms with van der Waals surface area (Å²) >= 11 is 0. The lowest BCUT2D eigenvalue weighted by atomic mass is 10.1. The molecular weight excluding hydrogens is 310 g/mol. The number of hydrogen-bond donors (Lipinski definition) is 0. The minimum atomic E-state index is 0.624. The summed E-state index contributed by atoms with van der Waals surface area (Å²) in [6, 6.07) is 17.5. The van der Waals surface area contributed by atoms with Crippen molar-refractivity contribution in [2.45, 2.75) is 19.8 Å².